The van der Waals surface area contributed by atoms with Crippen LogP contribution in [0.1, 0.15) is 12.8 Å². The summed E-state index contributed by atoms with van der Waals surface area (Å²) in [6.45, 7) is 0. The Hall–Kier alpha value is -0.910. The Labute approximate surface area is 83.9 Å². The van der Waals surface area contributed by atoms with Gasteiger partial charge in [0.2, 0.25) is 0 Å². The Balaban J connectivity index is 4.19. The first-order valence-electron chi connectivity index (χ1n) is 3.52. The van der Waals surface area contributed by atoms with Crippen LogP contribution in [0.5, 0.6) is 0 Å². The summed E-state index contributed by atoms with van der Waals surface area (Å²) in [4.78, 5) is 25.7. The van der Waals surface area contributed by atoms with Crippen LogP contribution >= 0.6 is 15.9 Å². The molecule has 6 heteroatoms. The lowest BCUT2D eigenvalue weighted by Crippen LogP contribution is -2.17. The van der Waals surface area contributed by atoms with Gasteiger partial charge in [0.05, 0.1) is 11.8 Å². The van der Waals surface area contributed by atoms with Gasteiger partial charge in [-0.05, 0) is 0 Å². The molecule has 0 aromatic rings. The van der Waals surface area contributed by atoms with Crippen molar-refractivity contribution < 1.29 is 19.5 Å². The van der Waals surface area contributed by atoms with Gasteiger partial charge in [0, 0.05) is 6.42 Å². The summed E-state index contributed by atoms with van der Waals surface area (Å²) in [5, 5.41) is 11.9. The number of alkyl halides is 1. The van der Waals surface area contributed by atoms with Crippen molar-refractivity contribution in [1.82, 2.24) is 0 Å². The molecule has 0 spiro atoms. The third kappa shape index (κ3) is 5.35. The van der Waals surface area contributed by atoms with E-state index in [4.69, 9.17) is 5.11 Å². The fourth-order valence-electron chi connectivity index (χ4n) is 0.649. The number of hydrogen-bond acceptors (Lipinski definition) is 4. The summed E-state index contributed by atoms with van der Waals surface area (Å²) in [6.07, 6.45) is -0.0332. The predicted molar refractivity (Wildman–Crippen MR) is 50.1 cm³/mol. The molecule has 0 amide bonds. The number of oxime groups is 1. The fourth-order valence-corrected chi connectivity index (χ4v) is 0.972. The van der Waals surface area contributed by atoms with E-state index in [1.54, 1.807) is 0 Å². The van der Waals surface area contributed by atoms with Crippen LogP contribution in [-0.2, 0) is 14.4 Å². The number of hydrogen-bond donors (Lipinski definition) is 1. The second-order valence-corrected chi connectivity index (χ2v) is 2.73. The van der Waals surface area contributed by atoms with Crippen LogP contribution in [-0.4, -0.2) is 35.0 Å². The number of halogens is 1. The molecule has 1 N–H and O–H groups in total. The zero-order chi connectivity index (χ0) is 10.3. The third-order valence-electron chi connectivity index (χ3n) is 1.22. The zero-order valence-corrected chi connectivity index (χ0v) is 8.70. The number of ketones is 1. The van der Waals surface area contributed by atoms with E-state index in [0.717, 1.165) is 0 Å². The van der Waals surface area contributed by atoms with Gasteiger partial charge in [0.25, 0.3) is 0 Å². The molecule has 0 bridgehead atoms. The van der Waals surface area contributed by atoms with Gasteiger partial charge in [-0.1, -0.05) is 21.1 Å². The SMILES string of the molecule is CON=C(CCC(=O)O)C(=O)CBr. The number of carbonyl (C=O) groups is 2. The van der Waals surface area contributed by atoms with E-state index in [9.17, 15) is 9.59 Å². The topological polar surface area (TPSA) is 76.0 Å². The maximum Gasteiger partial charge on any atom is 0.303 e. The molecule has 0 fully saturated rings. The summed E-state index contributed by atoms with van der Waals surface area (Å²) < 4.78 is 0. The second kappa shape index (κ2) is 6.59. The summed E-state index contributed by atoms with van der Waals surface area (Å²) in [5.74, 6) is -1.23. The molecular weight excluding hydrogens is 242 g/mol. The normalized spacial score (nSPS) is 11.1. The average molecular weight is 252 g/mol. The van der Waals surface area contributed by atoms with Crippen molar-refractivity contribution in [3.8, 4) is 0 Å². The fraction of sp³-hybridized carbons (Fsp3) is 0.571. The van der Waals surface area contributed by atoms with Gasteiger partial charge in [-0.2, -0.15) is 0 Å². The van der Waals surface area contributed by atoms with Crippen LogP contribution < -0.4 is 0 Å². The van der Waals surface area contributed by atoms with E-state index in [0.29, 0.717) is 0 Å². The highest BCUT2D eigenvalue weighted by atomic mass is 79.9. The Kier molecular flexibility index (Phi) is 6.13. The molecule has 5 nitrogen and oxygen atoms in total. The largest absolute Gasteiger partial charge is 0.481 e. The molecule has 0 unspecified atom stereocenters. The second-order valence-electron chi connectivity index (χ2n) is 2.17. The highest BCUT2D eigenvalue weighted by Gasteiger charge is 2.12. The molecule has 13 heavy (non-hydrogen) atoms. The van der Waals surface area contributed by atoms with E-state index in [-0.39, 0.29) is 29.7 Å². The lowest BCUT2D eigenvalue weighted by molar-refractivity contribution is -0.136. The molecule has 0 heterocycles. The molecule has 0 aromatic heterocycles. The maximum atomic E-state index is 11.1. The number of aliphatic carboxylic acids is 1. The van der Waals surface area contributed by atoms with E-state index < -0.39 is 5.97 Å². The van der Waals surface area contributed by atoms with E-state index in [1.165, 1.54) is 7.11 Å². The lowest BCUT2D eigenvalue weighted by atomic mass is 10.1. The summed E-state index contributed by atoms with van der Waals surface area (Å²) in [6, 6.07) is 0. The third-order valence-corrected chi connectivity index (χ3v) is 1.73. The standard InChI is InChI=1S/C7H10BrNO4/c1-13-9-5(6(10)4-8)2-3-7(11)12/h2-4H2,1H3,(H,11,12). The van der Waals surface area contributed by atoms with Gasteiger partial charge >= 0.3 is 5.97 Å². The summed E-state index contributed by atoms with van der Waals surface area (Å²) >= 11 is 2.96. The minimum absolute atomic E-state index is 0.0909. The Bertz CT molecular complexity index is 227. The molecule has 0 aliphatic heterocycles. The van der Waals surface area contributed by atoms with Crippen molar-refractivity contribution in [2.24, 2.45) is 5.16 Å². The number of Topliss-reactive ketones (excluding diaryl/α,β-unsaturated/α-hetero) is 1. The predicted octanol–water partition coefficient (Wildman–Crippen LogP) is 0.818. The minimum Gasteiger partial charge on any atom is -0.481 e. The van der Waals surface area contributed by atoms with E-state index >= 15 is 0 Å². The molecule has 0 saturated carbocycles. The molecule has 0 aliphatic carbocycles. The monoisotopic (exact) mass is 251 g/mol. The Morgan fingerprint density at radius 2 is 2.08 bits per heavy atom. The van der Waals surface area contributed by atoms with Crippen LogP contribution in [0.3, 0.4) is 0 Å². The number of nitrogens with zero attached hydrogens (tertiary/aromatic N) is 1. The summed E-state index contributed by atoms with van der Waals surface area (Å²) in [5.41, 5.74) is 0.141. The van der Waals surface area contributed by atoms with Gasteiger partial charge in [-0.25, -0.2) is 0 Å². The Morgan fingerprint density at radius 3 is 2.46 bits per heavy atom. The highest BCUT2D eigenvalue weighted by Crippen LogP contribution is 1.98. The molecule has 74 valence electrons. The lowest BCUT2D eigenvalue weighted by Gasteiger charge is -1.99. The number of rotatable bonds is 6. The molecule has 0 aromatic carbocycles. The molecular formula is C7H10BrNO4. The minimum atomic E-state index is -0.967. The van der Waals surface area contributed by atoms with Crippen LogP contribution in [0.15, 0.2) is 5.16 Å². The average Bonchev–Trinajstić information content (AvgIpc) is 2.10. The van der Waals surface area contributed by atoms with Gasteiger partial charge < -0.3 is 9.94 Å². The maximum absolute atomic E-state index is 11.1. The van der Waals surface area contributed by atoms with Crippen LogP contribution in [0.4, 0.5) is 0 Å². The van der Waals surface area contributed by atoms with Crippen molar-refractivity contribution in [1.29, 1.82) is 0 Å². The van der Waals surface area contributed by atoms with Crippen LogP contribution in [0.2, 0.25) is 0 Å². The molecule has 0 saturated heterocycles. The first-order chi connectivity index (χ1) is 6.11. The summed E-state index contributed by atoms with van der Waals surface area (Å²) in [7, 11) is 1.31. The van der Waals surface area contributed by atoms with Crippen molar-refractivity contribution in [2.75, 3.05) is 12.4 Å². The molecule has 0 atom stereocenters. The van der Waals surface area contributed by atoms with Gasteiger partial charge in [0.15, 0.2) is 5.78 Å². The Morgan fingerprint density at radius 1 is 1.46 bits per heavy atom. The van der Waals surface area contributed by atoms with Crippen molar-refractivity contribution >= 4 is 33.4 Å². The highest BCUT2D eigenvalue weighted by molar-refractivity contribution is 9.09. The quantitative estimate of drug-likeness (QED) is 0.431. The first kappa shape index (κ1) is 12.1. The number of carboxylic acid groups (broad SMARTS) is 1. The molecule has 0 rings (SSSR count). The number of carbonyl (C=O) groups excluding carboxylic acids is 1. The number of carboxylic acids is 1. The van der Waals surface area contributed by atoms with Gasteiger partial charge in [-0.15, -0.1) is 0 Å². The zero-order valence-electron chi connectivity index (χ0n) is 7.12. The van der Waals surface area contributed by atoms with Gasteiger partial charge in [0.1, 0.15) is 12.8 Å². The van der Waals surface area contributed by atoms with Crippen molar-refractivity contribution in [3.63, 3.8) is 0 Å². The van der Waals surface area contributed by atoms with Gasteiger partial charge in [-0.3, -0.25) is 9.59 Å². The smallest absolute Gasteiger partial charge is 0.303 e. The molecule has 0 radical (unpaired) electrons. The van der Waals surface area contributed by atoms with Crippen LogP contribution in [0, 0.1) is 0 Å². The van der Waals surface area contributed by atoms with Crippen molar-refractivity contribution in [3.05, 3.63) is 0 Å². The van der Waals surface area contributed by atoms with Crippen molar-refractivity contribution in [2.45, 2.75) is 12.8 Å². The van der Waals surface area contributed by atoms with E-state index in [1.807, 2.05) is 0 Å². The molecule has 0 aliphatic rings. The van der Waals surface area contributed by atoms with Crippen LogP contribution in [0.25, 0.3) is 0 Å². The first-order valence-corrected chi connectivity index (χ1v) is 4.65. The van der Waals surface area contributed by atoms with E-state index in [2.05, 4.69) is 25.9 Å².